The Bertz CT molecular complexity index is 866. The van der Waals surface area contributed by atoms with E-state index in [2.05, 4.69) is 36.8 Å². The van der Waals surface area contributed by atoms with Crippen molar-refractivity contribution in [3.05, 3.63) is 47.5 Å². The number of ether oxygens (including phenoxy) is 1. The van der Waals surface area contributed by atoms with Crippen molar-refractivity contribution in [1.29, 1.82) is 0 Å². The van der Waals surface area contributed by atoms with Gasteiger partial charge in [-0.3, -0.25) is 9.59 Å². The van der Waals surface area contributed by atoms with Crippen LogP contribution >= 0.6 is 12.6 Å². The van der Waals surface area contributed by atoms with Crippen molar-refractivity contribution in [2.24, 2.45) is 0 Å². The molecule has 0 aliphatic carbocycles. The molecule has 1 aromatic carbocycles. The standard InChI is InChI=1S/C26H41N3O4S/c1-9-12-18(4)27-23(30)22(20-14-11-13-17(3)19(20)5)29(15-10-2)24(31)21(16-34)28-25(32)33-26(6,7)8/h10-11,13-14,18,21-22,34H,2,9,12,15-16H2,1,3-8H3,(H,27,30)(H,28,32). The smallest absolute Gasteiger partial charge is 0.408 e. The van der Waals surface area contributed by atoms with E-state index in [1.165, 1.54) is 4.90 Å². The summed E-state index contributed by atoms with van der Waals surface area (Å²) in [5, 5.41) is 5.65. The second-order valence-electron chi connectivity index (χ2n) is 9.55. The van der Waals surface area contributed by atoms with Gasteiger partial charge in [0.15, 0.2) is 0 Å². The predicted molar refractivity (Wildman–Crippen MR) is 140 cm³/mol. The molecule has 0 aliphatic heterocycles. The van der Waals surface area contributed by atoms with Crippen LogP contribution < -0.4 is 10.6 Å². The normalized spacial score (nSPS) is 13.9. The van der Waals surface area contributed by atoms with Crippen LogP contribution in [-0.4, -0.2) is 52.8 Å². The third-order valence-corrected chi connectivity index (χ3v) is 5.76. The number of benzene rings is 1. The number of hydrogen-bond acceptors (Lipinski definition) is 5. The SMILES string of the molecule is C=CCN(C(=O)C(CS)NC(=O)OC(C)(C)C)C(C(=O)NC(C)CCC)c1cccc(C)c1C. The fourth-order valence-corrected chi connectivity index (χ4v) is 3.89. The number of nitrogens with zero attached hydrogens (tertiary/aromatic N) is 1. The molecule has 0 spiro atoms. The minimum Gasteiger partial charge on any atom is -0.444 e. The molecular formula is C26H41N3O4S. The molecular weight excluding hydrogens is 450 g/mol. The highest BCUT2D eigenvalue weighted by molar-refractivity contribution is 7.80. The molecule has 3 atom stereocenters. The fourth-order valence-electron chi connectivity index (χ4n) is 3.64. The number of amides is 3. The second-order valence-corrected chi connectivity index (χ2v) is 9.92. The summed E-state index contributed by atoms with van der Waals surface area (Å²) >= 11 is 4.29. The molecule has 0 heterocycles. The summed E-state index contributed by atoms with van der Waals surface area (Å²) in [6, 6.07) is 3.77. The Labute approximate surface area is 210 Å². The van der Waals surface area contributed by atoms with Gasteiger partial charge in [-0.1, -0.05) is 37.6 Å². The summed E-state index contributed by atoms with van der Waals surface area (Å²) < 4.78 is 5.31. The molecule has 1 rings (SSSR count). The van der Waals surface area contributed by atoms with Gasteiger partial charge in [0.25, 0.3) is 0 Å². The first-order chi connectivity index (χ1) is 15.9. The van der Waals surface area contributed by atoms with Gasteiger partial charge in [0.1, 0.15) is 17.7 Å². The molecule has 8 heteroatoms. The zero-order valence-corrected chi connectivity index (χ0v) is 22.5. The average molecular weight is 492 g/mol. The minimum atomic E-state index is -0.980. The molecule has 0 fully saturated rings. The van der Waals surface area contributed by atoms with Crippen LogP contribution in [0.5, 0.6) is 0 Å². The lowest BCUT2D eigenvalue weighted by molar-refractivity contribution is -0.141. The van der Waals surface area contributed by atoms with Crippen molar-refractivity contribution in [3.8, 4) is 0 Å². The molecule has 0 radical (unpaired) electrons. The number of thiol groups is 1. The van der Waals surface area contributed by atoms with E-state index in [0.717, 1.165) is 29.5 Å². The maximum Gasteiger partial charge on any atom is 0.408 e. The zero-order chi connectivity index (χ0) is 26.1. The summed E-state index contributed by atoms with van der Waals surface area (Å²) in [5.74, 6) is -0.677. The molecule has 3 unspecified atom stereocenters. The van der Waals surface area contributed by atoms with E-state index in [1.807, 2.05) is 39.0 Å². The maximum absolute atomic E-state index is 13.7. The van der Waals surface area contributed by atoms with Crippen molar-refractivity contribution < 1.29 is 19.1 Å². The molecule has 0 aromatic heterocycles. The lowest BCUT2D eigenvalue weighted by Crippen LogP contribution is -2.54. The molecule has 0 saturated carbocycles. The summed E-state index contributed by atoms with van der Waals surface area (Å²) in [5.41, 5.74) is 1.95. The number of aryl methyl sites for hydroxylation is 1. The van der Waals surface area contributed by atoms with Crippen molar-refractivity contribution >= 4 is 30.5 Å². The van der Waals surface area contributed by atoms with Gasteiger partial charge in [-0.15, -0.1) is 6.58 Å². The molecule has 2 N–H and O–H groups in total. The van der Waals surface area contributed by atoms with Crippen LogP contribution in [-0.2, 0) is 14.3 Å². The molecule has 190 valence electrons. The van der Waals surface area contributed by atoms with Crippen LogP contribution in [0.15, 0.2) is 30.9 Å². The predicted octanol–water partition coefficient (Wildman–Crippen LogP) is 4.49. The Hall–Kier alpha value is -2.48. The van der Waals surface area contributed by atoms with Gasteiger partial charge in [-0.25, -0.2) is 4.79 Å². The van der Waals surface area contributed by atoms with Gasteiger partial charge in [-0.05, 0) is 64.7 Å². The maximum atomic E-state index is 13.7. The van der Waals surface area contributed by atoms with Crippen LogP contribution in [0.3, 0.4) is 0 Å². The number of nitrogens with one attached hydrogen (secondary N) is 2. The zero-order valence-electron chi connectivity index (χ0n) is 21.6. The van der Waals surface area contributed by atoms with Gasteiger partial charge in [-0.2, -0.15) is 12.6 Å². The van der Waals surface area contributed by atoms with E-state index in [9.17, 15) is 14.4 Å². The molecule has 0 aliphatic rings. The molecule has 3 amide bonds. The average Bonchev–Trinajstić information content (AvgIpc) is 2.72. The van der Waals surface area contributed by atoms with Crippen molar-refractivity contribution in [3.63, 3.8) is 0 Å². The summed E-state index contributed by atoms with van der Waals surface area (Å²) in [7, 11) is 0. The van der Waals surface area contributed by atoms with E-state index in [0.29, 0.717) is 0 Å². The highest BCUT2D eigenvalue weighted by atomic mass is 32.1. The quantitative estimate of drug-likeness (QED) is 0.314. The van der Waals surface area contributed by atoms with Crippen molar-refractivity contribution in [2.75, 3.05) is 12.3 Å². The molecule has 7 nitrogen and oxygen atoms in total. The van der Waals surface area contributed by atoms with Gasteiger partial charge in [0, 0.05) is 18.3 Å². The Balaban J connectivity index is 3.43. The largest absolute Gasteiger partial charge is 0.444 e. The lowest BCUT2D eigenvalue weighted by Gasteiger charge is -2.35. The third-order valence-electron chi connectivity index (χ3n) is 5.39. The first-order valence-electron chi connectivity index (χ1n) is 11.7. The van der Waals surface area contributed by atoms with Gasteiger partial charge < -0.3 is 20.3 Å². The van der Waals surface area contributed by atoms with Crippen LogP contribution in [0.4, 0.5) is 4.79 Å². The van der Waals surface area contributed by atoms with Gasteiger partial charge >= 0.3 is 6.09 Å². The molecule has 34 heavy (non-hydrogen) atoms. The van der Waals surface area contributed by atoms with E-state index < -0.39 is 29.7 Å². The highest BCUT2D eigenvalue weighted by Gasteiger charge is 2.36. The number of carbonyl (C=O) groups excluding carboxylic acids is 3. The van der Waals surface area contributed by atoms with Crippen LogP contribution in [0.25, 0.3) is 0 Å². The van der Waals surface area contributed by atoms with Gasteiger partial charge in [0.05, 0.1) is 0 Å². The van der Waals surface area contributed by atoms with Gasteiger partial charge in [0.2, 0.25) is 11.8 Å². The van der Waals surface area contributed by atoms with Crippen LogP contribution in [0.2, 0.25) is 0 Å². The fraction of sp³-hybridized carbons (Fsp3) is 0.577. The number of alkyl carbamates (subject to hydrolysis) is 1. The minimum absolute atomic E-state index is 0.0408. The lowest BCUT2D eigenvalue weighted by atomic mass is 9.94. The topological polar surface area (TPSA) is 87.7 Å². The highest BCUT2D eigenvalue weighted by Crippen LogP contribution is 2.27. The third kappa shape index (κ3) is 8.70. The Morgan fingerprint density at radius 3 is 2.38 bits per heavy atom. The molecule has 0 bridgehead atoms. The second kappa shape index (κ2) is 13.4. The number of rotatable bonds is 11. The van der Waals surface area contributed by atoms with E-state index in [4.69, 9.17) is 4.74 Å². The van der Waals surface area contributed by atoms with Crippen molar-refractivity contribution in [2.45, 2.75) is 85.0 Å². The first-order valence-corrected chi connectivity index (χ1v) is 12.4. The Morgan fingerprint density at radius 1 is 1.21 bits per heavy atom. The van der Waals surface area contributed by atoms with Crippen molar-refractivity contribution in [1.82, 2.24) is 15.5 Å². The first kappa shape index (κ1) is 29.6. The molecule has 1 aromatic rings. The summed E-state index contributed by atoms with van der Waals surface area (Å²) in [4.78, 5) is 41.0. The van der Waals surface area contributed by atoms with E-state index in [1.54, 1.807) is 26.8 Å². The monoisotopic (exact) mass is 491 g/mol. The Kier molecular flexibility index (Phi) is 11.7. The number of hydrogen-bond donors (Lipinski definition) is 3. The van der Waals surface area contributed by atoms with Crippen LogP contribution in [0, 0.1) is 13.8 Å². The molecule has 0 saturated heterocycles. The van der Waals surface area contributed by atoms with E-state index >= 15 is 0 Å². The van der Waals surface area contributed by atoms with Crippen LogP contribution in [0.1, 0.15) is 70.2 Å². The van der Waals surface area contributed by atoms with E-state index in [-0.39, 0.29) is 24.2 Å². The summed E-state index contributed by atoms with van der Waals surface area (Å²) in [6.07, 6.45) is 2.59. The Morgan fingerprint density at radius 2 is 1.85 bits per heavy atom. The number of carbonyl (C=O) groups is 3. The summed E-state index contributed by atoms with van der Waals surface area (Å²) in [6.45, 7) is 17.0.